The molecule has 0 unspecified atom stereocenters. The number of nitro benzene ring substituents is 1. The lowest BCUT2D eigenvalue weighted by molar-refractivity contribution is -0.387. The number of nitro groups is 1. The zero-order valence-electron chi connectivity index (χ0n) is 12.8. The molecule has 2 rings (SSSR count). The molecule has 9 heteroatoms. The third kappa shape index (κ3) is 4.80. The van der Waals surface area contributed by atoms with E-state index in [1.165, 1.54) is 0 Å². The predicted octanol–water partition coefficient (Wildman–Crippen LogP) is 1.92. The lowest BCUT2D eigenvalue weighted by atomic mass is 10.1. The predicted molar refractivity (Wildman–Crippen MR) is 83.6 cm³/mol. The Bertz CT molecular complexity index is 813. The van der Waals surface area contributed by atoms with Gasteiger partial charge in [0.1, 0.15) is 5.82 Å². The van der Waals surface area contributed by atoms with Gasteiger partial charge in [-0.15, -0.1) is 0 Å². The van der Waals surface area contributed by atoms with Gasteiger partial charge in [0.2, 0.25) is 11.7 Å². The van der Waals surface area contributed by atoms with Gasteiger partial charge in [-0.05, 0) is 11.6 Å². The third-order valence-electron chi connectivity index (χ3n) is 3.22. The molecule has 7 nitrogen and oxygen atoms in total. The topological polar surface area (TPSA) is 101 Å². The van der Waals surface area contributed by atoms with Gasteiger partial charge in [0.05, 0.1) is 23.1 Å². The lowest BCUT2D eigenvalue weighted by Gasteiger charge is -2.08. The molecule has 0 aliphatic heterocycles. The molecular formula is C16H13F2N3O4. The summed E-state index contributed by atoms with van der Waals surface area (Å²) in [5.74, 6) is -4.18. The van der Waals surface area contributed by atoms with E-state index < -0.39 is 46.2 Å². The van der Waals surface area contributed by atoms with Gasteiger partial charge < -0.3 is 10.6 Å². The molecule has 0 fully saturated rings. The SMILES string of the molecule is O=C(CNC(=O)c1cc(F)c([N+](=O)[O-])cc1F)NCc1ccccc1. The second kappa shape index (κ2) is 7.95. The molecular weight excluding hydrogens is 336 g/mol. The van der Waals surface area contributed by atoms with E-state index in [0.717, 1.165) is 5.56 Å². The van der Waals surface area contributed by atoms with Crippen molar-refractivity contribution in [3.05, 3.63) is 75.3 Å². The summed E-state index contributed by atoms with van der Waals surface area (Å²) in [5, 5.41) is 15.2. The van der Waals surface area contributed by atoms with E-state index in [2.05, 4.69) is 10.6 Å². The molecule has 0 aliphatic carbocycles. The zero-order chi connectivity index (χ0) is 18.4. The summed E-state index contributed by atoms with van der Waals surface area (Å²) < 4.78 is 27.2. The Labute approximate surface area is 140 Å². The molecule has 0 heterocycles. The Morgan fingerprint density at radius 1 is 1.04 bits per heavy atom. The van der Waals surface area contributed by atoms with E-state index >= 15 is 0 Å². The van der Waals surface area contributed by atoms with Crippen molar-refractivity contribution in [1.29, 1.82) is 0 Å². The molecule has 25 heavy (non-hydrogen) atoms. The van der Waals surface area contributed by atoms with Crippen LogP contribution in [-0.4, -0.2) is 23.3 Å². The van der Waals surface area contributed by atoms with E-state index in [4.69, 9.17) is 0 Å². The fraction of sp³-hybridized carbons (Fsp3) is 0.125. The molecule has 0 radical (unpaired) electrons. The van der Waals surface area contributed by atoms with Gasteiger partial charge in [-0.1, -0.05) is 30.3 Å². The van der Waals surface area contributed by atoms with Gasteiger partial charge in [0.25, 0.3) is 5.91 Å². The zero-order valence-corrected chi connectivity index (χ0v) is 12.8. The molecule has 2 amide bonds. The Balaban J connectivity index is 1.92. The summed E-state index contributed by atoms with van der Waals surface area (Å²) in [4.78, 5) is 32.9. The second-order valence-electron chi connectivity index (χ2n) is 4.99. The van der Waals surface area contributed by atoms with Gasteiger partial charge in [-0.3, -0.25) is 19.7 Å². The van der Waals surface area contributed by atoms with Crippen LogP contribution in [0.3, 0.4) is 0 Å². The smallest absolute Gasteiger partial charge is 0.307 e. The Morgan fingerprint density at radius 2 is 1.72 bits per heavy atom. The Hall–Kier alpha value is -3.36. The molecule has 0 spiro atoms. The summed E-state index contributed by atoms with van der Waals surface area (Å²) in [7, 11) is 0. The van der Waals surface area contributed by atoms with Gasteiger partial charge in [0.15, 0.2) is 0 Å². The molecule has 2 aromatic rings. The number of nitrogens with zero attached hydrogens (tertiary/aromatic N) is 1. The number of carbonyl (C=O) groups excluding carboxylic acids is 2. The van der Waals surface area contributed by atoms with E-state index in [0.29, 0.717) is 12.1 Å². The molecule has 0 bridgehead atoms. The molecule has 2 N–H and O–H groups in total. The maximum atomic E-state index is 13.7. The van der Waals surface area contributed by atoms with Crippen molar-refractivity contribution in [2.75, 3.05) is 6.54 Å². The minimum absolute atomic E-state index is 0.246. The Morgan fingerprint density at radius 3 is 2.36 bits per heavy atom. The van der Waals surface area contributed by atoms with Crippen LogP contribution in [0.1, 0.15) is 15.9 Å². The van der Waals surface area contributed by atoms with Crippen molar-refractivity contribution in [1.82, 2.24) is 10.6 Å². The second-order valence-corrected chi connectivity index (χ2v) is 4.99. The average molecular weight is 349 g/mol. The van der Waals surface area contributed by atoms with Gasteiger partial charge in [-0.2, -0.15) is 4.39 Å². The fourth-order valence-electron chi connectivity index (χ4n) is 1.97. The van der Waals surface area contributed by atoms with Gasteiger partial charge in [-0.25, -0.2) is 4.39 Å². The quantitative estimate of drug-likeness (QED) is 0.614. The standard InChI is InChI=1S/C16H13F2N3O4/c17-12-7-14(21(24)25)13(18)6-11(12)16(23)20-9-15(22)19-8-10-4-2-1-3-5-10/h1-7H,8-9H2,(H,19,22)(H,20,23). The summed E-state index contributed by atoms with van der Waals surface area (Å²) in [6.45, 7) is -0.209. The maximum Gasteiger partial charge on any atom is 0.307 e. The van der Waals surface area contributed by atoms with E-state index in [-0.39, 0.29) is 6.54 Å². The molecule has 0 saturated heterocycles. The van der Waals surface area contributed by atoms with Crippen LogP contribution in [-0.2, 0) is 11.3 Å². The minimum atomic E-state index is -1.34. The summed E-state index contributed by atoms with van der Waals surface area (Å²) in [6, 6.07) is 9.76. The number of nitrogens with one attached hydrogen (secondary N) is 2. The molecule has 2 aromatic carbocycles. The molecule has 0 aliphatic rings. The lowest BCUT2D eigenvalue weighted by Crippen LogP contribution is -2.37. The van der Waals surface area contributed by atoms with Crippen LogP contribution in [0.2, 0.25) is 0 Å². The van der Waals surface area contributed by atoms with E-state index in [1.807, 2.05) is 6.07 Å². The van der Waals surface area contributed by atoms with E-state index in [9.17, 15) is 28.5 Å². The maximum absolute atomic E-state index is 13.7. The third-order valence-corrected chi connectivity index (χ3v) is 3.22. The fourth-order valence-corrected chi connectivity index (χ4v) is 1.97. The summed E-state index contributed by atoms with van der Waals surface area (Å²) in [6.07, 6.45) is 0. The monoisotopic (exact) mass is 349 g/mol. The normalized spacial score (nSPS) is 10.2. The number of benzene rings is 2. The largest absolute Gasteiger partial charge is 0.350 e. The van der Waals surface area contributed by atoms with Crippen LogP contribution in [0.4, 0.5) is 14.5 Å². The van der Waals surface area contributed by atoms with Crippen molar-refractivity contribution in [2.24, 2.45) is 0 Å². The first-order chi connectivity index (χ1) is 11.9. The highest BCUT2D eigenvalue weighted by atomic mass is 19.1. The number of carbonyl (C=O) groups is 2. The highest BCUT2D eigenvalue weighted by Crippen LogP contribution is 2.21. The van der Waals surface area contributed by atoms with Crippen molar-refractivity contribution in [3.8, 4) is 0 Å². The average Bonchev–Trinajstić information content (AvgIpc) is 2.60. The summed E-state index contributed by atoms with van der Waals surface area (Å²) >= 11 is 0. The van der Waals surface area contributed by atoms with Crippen molar-refractivity contribution < 1.29 is 23.3 Å². The van der Waals surface area contributed by atoms with Crippen molar-refractivity contribution in [2.45, 2.75) is 6.54 Å². The molecule has 0 atom stereocenters. The number of hydrogen-bond acceptors (Lipinski definition) is 4. The van der Waals surface area contributed by atoms with Crippen LogP contribution in [0.5, 0.6) is 0 Å². The first-order valence-corrected chi connectivity index (χ1v) is 7.10. The van der Waals surface area contributed by atoms with Crippen LogP contribution >= 0.6 is 0 Å². The number of hydrogen-bond donors (Lipinski definition) is 2. The molecule has 130 valence electrons. The highest BCUT2D eigenvalue weighted by Gasteiger charge is 2.22. The first kappa shape index (κ1) is 18.0. The number of halogens is 2. The Kier molecular flexibility index (Phi) is 5.72. The first-order valence-electron chi connectivity index (χ1n) is 7.10. The highest BCUT2D eigenvalue weighted by molar-refractivity contribution is 5.96. The molecule has 0 saturated carbocycles. The van der Waals surface area contributed by atoms with Crippen LogP contribution < -0.4 is 10.6 Å². The van der Waals surface area contributed by atoms with Crippen molar-refractivity contribution in [3.63, 3.8) is 0 Å². The van der Waals surface area contributed by atoms with E-state index in [1.54, 1.807) is 24.3 Å². The number of rotatable bonds is 6. The number of amides is 2. The minimum Gasteiger partial charge on any atom is -0.350 e. The van der Waals surface area contributed by atoms with Gasteiger partial charge in [0, 0.05) is 6.54 Å². The van der Waals surface area contributed by atoms with Crippen LogP contribution in [0, 0.1) is 21.7 Å². The van der Waals surface area contributed by atoms with Gasteiger partial charge >= 0.3 is 5.69 Å². The van der Waals surface area contributed by atoms with Crippen LogP contribution in [0.15, 0.2) is 42.5 Å². The molecule has 0 aromatic heterocycles. The van der Waals surface area contributed by atoms with Crippen LogP contribution in [0.25, 0.3) is 0 Å². The summed E-state index contributed by atoms with van der Waals surface area (Å²) in [5.41, 5.74) is -0.945. The van der Waals surface area contributed by atoms with Crippen molar-refractivity contribution >= 4 is 17.5 Å².